The van der Waals surface area contributed by atoms with Crippen molar-refractivity contribution in [1.29, 1.82) is 0 Å². The Bertz CT molecular complexity index is 1520. The lowest BCUT2D eigenvalue weighted by atomic mass is 9.96. The van der Waals surface area contributed by atoms with Gasteiger partial charge in [-0.2, -0.15) is 0 Å². The molecule has 0 bridgehead atoms. The number of nitrogens with one attached hydrogen (secondary N) is 3. The van der Waals surface area contributed by atoms with Crippen molar-refractivity contribution in [2.45, 2.75) is 38.8 Å². The Morgan fingerprint density at radius 3 is 1.98 bits per heavy atom. The maximum Gasteiger partial charge on any atom is 0.251 e. The molecule has 46 heavy (non-hydrogen) atoms. The first kappa shape index (κ1) is 37.7. The molecule has 0 aliphatic heterocycles. The van der Waals surface area contributed by atoms with Crippen molar-refractivity contribution >= 4 is 42.5 Å². The van der Waals surface area contributed by atoms with Crippen molar-refractivity contribution in [2.75, 3.05) is 19.7 Å². The highest BCUT2D eigenvalue weighted by Crippen LogP contribution is 2.21. The number of pyridine rings is 1. The van der Waals surface area contributed by atoms with Crippen LogP contribution in [0.15, 0.2) is 97.3 Å². The van der Waals surface area contributed by atoms with Crippen molar-refractivity contribution < 1.29 is 19.1 Å². The quantitative estimate of drug-likeness (QED) is 0.153. The van der Waals surface area contributed by atoms with Gasteiger partial charge in [0.25, 0.3) is 5.91 Å². The Balaban J connectivity index is 0.00000368. The van der Waals surface area contributed by atoms with Crippen LogP contribution in [0.25, 0.3) is 0 Å². The number of nitrogens with two attached hydrogens (primary N) is 1. The topological polar surface area (TPSA) is 135 Å². The van der Waals surface area contributed by atoms with E-state index in [1.807, 2.05) is 68.4 Å². The van der Waals surface area contributed by atoms with Crippen LogP contribution in [0.1, 0.15) is 56.9 Å². The molecular formula is C35H41Cl2N5O4. The SMILES string of the molecule is CCOc1ccc([C@@H](CNC(=O)c2ccc(C)cc2)C(=O)NC[C@H](C(=O)NCc2ccc(CN)cc2)c2cccnc2)cc1.Cl.Cl. The van der Waals surface area contributed by atoms with Crippen LogP contribution in [0.3, 0.4) is 0 Å². The highest BCUT2D eigenvalue weighted by atomic mass is 35.5. The second-order valence-electron chi connectivity index (χ2n) is 10.5. The van der Waals surface area contributed by atoms with Gasteiger partial charge in [-0.15, -0.1) is 24.8 Å². The van der Waals surface area contributed by atoms with Gasteiger partial charge in [0, 0.05) is 44.1 Å². The summed E-state index contributed by atoms with van der Waals surface area (Å²) in [6, 6.07) is 25.7. The van der Waals surface area contributed by atoms with Crippen LogP contribution in [0, 0.1) is 6.92 Å². The van der Waals surface area contributed by atoms with Crippen molar-refractivity contribution in [3.63, 3.8) is 0 Å². The number of halogens is 2. The summed E-state index contributed by atoms with van der Waals surface area (Å²) in [6.45, 7) is 5.25. The Hall–Kier alpha value is -4.44. The highest BCUT2D eigenvalue weighted by Gasteiger charge is 2.26. The first-order chi connectivity index (χ1) is 21.4. The maximum atomic E-state index is 13.7. The van der Waals surface area contributed by atoms with E-state index in [1.165, 1.54) is 0 Å². The Labute approximate surface area is 282 Å². The Morgan fingerprint density at radius 2 is 1.37 bits per heavy atom. The fourth-order valence-corrected chi connectivity index (χ4v) is 4.70. The van der Waals surface area contributed by atoms with Gasteiger partial charge in [-0.3, -0.25) is 19.4 Å². The van der Waals surface area contributed by atoms with Crippen LogP contribution in [-0.2, 0) is 22.7 Å². The van der Waals surface area contributed by atoms with Crippen LogP contribution < -0.4 is 26.4 Å². The molecule has 3 amide bonds. The number of nitrogens with zero attached hydrogens (tertiary/aromatic N) is 1. The average Bonchev–Trinajstić information content (AvgIpc) is 3.05. The second kappa shape index (κ2) is 19.2. The van der Waals surface area contributed by atoms with Crippen LogP contribution in [0.5, 0.6) is 5.75 Å². The Kier molecular flexibility index (Phi) is 15.7. The fourth-order valence-electron chi connectivity index (χ4n) is 4.70. The minimum Gasteiger partial charge on any atom is -0.494 e. The molecule has 11 heteroatoms. The predicted octanol–water partition coefficient (Wildman–Crippen LogP) is 4.82. The molecule has 0 aliphatic carbocycles. The fraction of sp³-hybridized carbons (Fsp3) is 0.257. The molecule has 0 saturated heterocycles. The number of amides is 3. The van der Waals surface area contributed by atoms with E-state index in [0.717, 1.165) is 16.7 Å². The Morgan fingerprint density at radius 1 is 0.761 bits per heavy atom. The van der Waals surface area contributed by atoms with Gasteiger partial charge in [0.05, 0.1) is 18.4 Å². The molecule has 0 radical (unpaired) electrons. The molecule has 1 aromatic heterocycles. The molecule has 9 nitrogen and oxygen atoms in total. The zero-order chi connectivity index (χ0) is 31.3. The lowest BCUT2D eigenvalue weighted by molar-refractivity contribution is -0.124. The molecule has 5 N–H and O–H groups in total. The molecule has 0 aliphatic rings. The molecule has 2 atom stereocenters. The third kappa shape index (κ3) is 10.9. The van der Waals surface area contributed by atoms with Crippen molar-refractivity contribution in [1.82, 2.24) is 20.9 Å². The number of carbonyl (C=O) groups excluding carboxylic acids is 3. The molecule has 0 fully saturated rings. The summed E-state index contributed by atoms with van der Waals surface area (Å²) in [5, 5.41) is 8.84. The molecule has 0 saturated carbocycles. The average molecular weight is 667 g/mol. The van der Waals surface area contributed by atoms with E-state index in [0.29, 0.717) is 42.1 Å². The first-order valence-corrected chi connectivity index (χ1v) is 14.7. The van der Waals surface area contributed by atoms with E-state index >= 15 is 0 Å². The minimum absolute atomic E-state index is 0. The van der Waals surface area contributed by atoms with Crippen LogP contribution >= 0.6 is 24.8 Å². The molecule has 3 aromatic carbocycles. The van der Waals surface area contributed by atoms with Crippen molar-refractivity contribution in [3.05, 3.63) is 131 Å². The molecule has 4 rings (SSSR count). The van der Waals surface area contributed by atoms with E-state index in [1.54, 1.807) is 42.7 Å². The summed E-state index contributed by atoms with van der Waals surface area (Å²) in [4.78, 5) is 44.2. The van der Waals surface area contributed by atoms with Crippen LogP contribution in [0.2, 0.25) is 0 Å². The summed E-state index contributed by atoms with van der Waals surface area (Å²) < 4.78 is 5.56. The van der Waals surface area contributed by atoms with E-state index in [4.69, 9.17) is 10.5 Å². The monoisotopic (exact) mass is 665 g/mol. The van der Waals surface area contributed by atoms with Gasteiger partial charge in [-0.25, -0.2) is 0 Å². The van der Waals surface area contributed by atoms with Gasteiger partial charge in [0.2, 0.25) is 11.8 Å². The lowest BCUT2D eigenvalue weighted by Crippen LogP contribution is -2.41. The summed E-state index contributed by atoms with van der Waals surface area (Å²) in [5.41, 5.74) is 10.6. The molecule has 0 spiro atoms. The summed E-state index contributed by atoms with van der Waals surface area (Å²) >= 11 is 0. The maximum absolute atomic E-state index is 13.7. The lowest BCUT2D eigenvalue weighted by Gasteiger charge is -2.22. The normalized spacial score (nSPS) is 11.5. The zero-order valence-corrected chi connectivity index (χ0v) is 27.5. The first-order valence-electron chi connectivity index (χ1n) is 14.7. The van der Waals surface area contributed by atoms with Crippen LogP contribution in [0.4, 0.5) is 0 Å². The van der Waals surface area contributed by atoms with Gasteiger partial charge in [0.1, 0.15) is 5.75 Å². The number of aromatic nitrogens is 1. The van der Waals surface area contributed by atoms with E-state index in [2.05, 4.69) is 20.9 Å². The number of aryl methyl sites for hydroxylation is 1. The molecule has 4 aromatic rings. The number of hydrogen-bond donors (Lipinski definition) is 4. The second-order valence-corrected chi connectivity index (χ2v) is 10.5. The van der Waals surface area contributed by atoms with Crippen LogP contribution in [-0.4, -0.2) is 42.4 Å². The molecule has 244 valence electrons. The smallest absolute Gasteiger partial charge is 0.251 e. The van der Waals surface area contributed by atoms with Gasteiger partial charge in [0.15, 0.2) is 0 Å². The number of ether oxygens (including phenoxy) is 1. The number of rotatable bonds is 14. The minimum atomic E-state index is -0.709. The van der Waals surface area contributed by atoms with Gasteiger partial charge >= 0.3 is 0 Å². The number of carbonyl (C=O) groups is 3. The van der Waals surface area contributed by atoms with Gasteiger partial charge in [-0.05, 0) is 66.4 Å². The van der Waals surface area contributed by atoms with Crippen molar-refractivity contribution in [2.24, 2.45) is 5.73 Å². The third-order valence-corrected chi connectivity index (χ3v) is 7.30. The standard InChI is InChI=1S/C35H39N5O4.2ClH/c1-3-44-30-16-14-27(15-17-30)31(22-39-33(41)28-12-6-24(2)7-13-28)34(42)40-23-32(29-5-4-18-37-21-29)35(43)38-20-26-10-8-25(19-36)9-11-26;;/h4-18,21,31-32H,3,19-20,22-23,36H2,1-2H3,(H,38,43)(H,39,41)(H,40,42);2*1H/t31-,32+;;/m1../s1. The van der Waals surface area contributed by atoms with E-state index in [9.17, 15) is 14.4 Å². The molecule has 1 heterocycles. The van der Waals surface area contributed by atoms with Gasteiger partial charge in [-0.1, -0.05) is 60.2 Å². The third-order valence-electron chi connectivity index (χ3n) is 7.30. The van der Waals surface area contributed by atoms with Crippen molar-refractivity contribution in [3.8, 4) is 5.75 Å². The van der Waals surface area contributed by atoms with E-state index in [-0.39, 0.29) is 55.6 Å². The summed E-state index contributed by atoms with van der Waals surface area (Å²) in [6.07, 6.45) is 3.26. The molecular weight excluding hydrogens is 625 g/mol. The largest absolute Gasteiger partial charge is 0.494 e. The van der Waals surface area contributed by atoms with E-state index < -0.39 is 11.8 Å². The number of benzene rings is 3. The predicted molar refractivity (Wildman–Crippen MR) is 185 cm³/mol. The summed E-state index contributed by atoms with van der Waals surface area (Å²) in [5.74, 6) is -1.55. The highest BCUT2D eigenvalue weighted by molar-refractivity contribution is 5.95. The van der Waals surface area contributed by atoms with Gasteiger partial charge < -0.3 is 26.4 Å². The number of hydrogen-bond acceptors (Lipinski definition) is 6. The zero-order valence-electron chi connectivity index (χ0n) is 25.9. The summed E-state index contributed by atoms with van der Waals surface area (Å²) in [7, 11) is 0. The molecule has 0 unspecified atom stereocenters.